The molecule has 120 valence electrons. The number of rotatable bonds is 5. The van der Waals surface area contributed by atoms with E-state index in [4.69, 9.17) is 5.73 Å². The molecule has 3 atom stereocenters. The molecule has 0 saturated heterocycles. The Morgan fingerprint density at radius 2 is 2.14 bits per heavy atom. The monoisotopic (exact) mass is 303 g/mol. The van der Waals surface area contributed by atoms with Crippen molar-refractivity contribution in [2.45, 2.75) is 39.2 Å². The molecule has 1 aliphatic rings. The van der Waals surface area contributed by atoms with E-state index in [1.165, 1.54) is 6.92 Å². The van der Waals surface area contributed by atoms with Crippen molar-refractivity contribution in [3.63, 3.8) is 0 Å². The predicted octanol–water partition coefficient (Wildman–Crippen LogP) is 2.20. The number of nitrogens with two attached hydrogens (primary N) is 1. The van der Waals surface area contributed by atoms with Gasteiger partial charge in [0.2, 0.25) is 11.8 Å². The van der Waals surface area contributed by atoms with Gasteiger partial charge in [0, 0.05) is 18.5 Å². The molecule has 1 aromatic carbocycles. The number of amides is 2. The fraction of sp³-hybridized carbons (Fsp3) is 0.529. The number of hydrogen-bond donors (Lipinski definition) is 3. The molecule has 1 aromatic rings. The van der Waals surface area contributed by atoms with Crippen molar-refractivity contribution < 1.29 is 9.59 Å². The van der Waals surface area contributed by atoms with E-state index in [2.05, 4.69) is 10.6 Å². The van der Waals surface area contributed by atoms with Gasteiger partial charge in [-0.05, 0) is 49.9 Å². The summed E-state index contributed by atoms with van der Waals surface area (Å²) in [5.41, 5.74) is 7.47. The lowest BCUT2D eigenvalue weighted by atomic mass is 9.94. The molecule has 5 nitrogen and oxygen atoms in total. The molecule has 0 spiro atoms. The van der Waals surface area contributed by atoms with Crippen LogP contribution in [0.2, 0.25) is 0 Å². The Morgan fingerprint density at radius 3 is 2.82 bits per heavy atom. The maximum atomic E-state index is 12.4. The highest BCUT2D eigenvalue weighted by molar-refractivity contribution is 5.88. The standard InChI is InChI=1S/C17H25N3O2/c1-11(13-5-3-7-15(9-13)20-12(2)21)19-17(22)16-8-4-6-14(16)10-18/h3,5,7,9,11,14,16H,4,6,8,10,18H2,1-2H3,(H,19,22)(H,20,21)/t11?,14-,16-/m1/s1. The van der Waals surface area contributed by atoms with E-state index in [-0.39, 0.29) is 23.8 Å². The number of hydrogen-bond acceptors (Lipinski definition) is 3. The average Bonchev–Trinajstić information content (AvgIpc) is 2.95. The van der Waals surface area contributed by atoms with Crippen molar-refractivity contribution in [1.29, 1.82) is 0 Å². The normalized spacial score (nSPS) is 22.1. The van der Waals surface area contributed by atoms with Gasteiger partial charge in [0.25, 0.3) is 0 Å². The summed E-state index contributed by atoms with van der Waals surface area (Å²) < 4.78 is 0. The van der Waals surface area contributed by atoms with E-state index in [9.17, 15) is 9.59 Å². The summed E-state index contributed by atoms with van der Waals surface area (Å²) >= 11 is 0. The molecule has 4 N–H and O–H groups in total. The summed E-state index contributed by atoms with van der Waals surface area (Å²) in [4.78, 5) is 23.5. The average molecular weight is 303 g/mol. The van der Waals surface area contributed by atoms with Crippen LogP contribution in [0.3, 0.4) is 0 Å². The Labute approximate surface area is 131 Å². The van der Waals surface area contributed by atoms with Gasteiger partial charge in [-0.3, -0.25) is 9.59 Å². The summed E-state index contributed by atoms with van der Waals surface area (Å²) in [5, 5.41) is 5.83. The van der Waals surface area contributed by atoms with Crippen LogP contribution in [0.15, 0.2) is 24.3 Å². The second-order valence-corrected chi connectivity index (χ2v) is 6.07. The molecule has 2 rings (SSSR count). The Kier molecular flexibility index (Phi) is 5.55. The van der Waals surface area contributed by atoms with Crippen molar-refractivity contribution in [1.82, 2.24) is 5.32 Å². The van der Waals surface area contributed by atoms with E-state index < -0.39 is 0 Å². The van der Waals surface area contributed by atoms with Crippen molar-refractivity contribution >= 4 is 17.5 Å². The molecule has 1 saturated carbocycles. The molecule has 5 heteroatoms. The highest BCUT2D eigenvalue weighted by atomic mass is 16.2. The minimum Gasteiger partial charge on any atom is -0.349 e. The molecule has 2 amide bonds. The van der Waals surface area contributed by atoms with E-state index in [0.717, 1.165) is 30.5 Å². The van der Waals surface area contributed by atoms with E-state index in [1.54, 1.807) is 0 Å². The number of benzene rings is 1. The fourth-order valence-electron chi connectivity index (χ4n) is 3.16. The second kappa shape index (κ2) is 7.40. The van der Waals surface area contributed by atoms with Crippen LogP contribution < -0.4 is 16.4 Å². The van der Waals surface area contributed by atoms with Gasteiger partial charge in [0.15, 0.2) is 0 Å². The molecular formula is C17H25N3O2. The maximum absolute atomic E-state index is 12.4. The lowest BCUT2D eigenvalue weighted by molar-refractivity contribution is -0.126. The number of carbonyl (C=O) groups excluding carboxylic acids is 2. The minimum atomic E-state index is -0.106. The molecule has 0 aliphatic heterocycles. The van der Waals surface area contributed by atoms with Crippen LogP contribution in [-0.2, 0) is 9.59 Å². The van der Waals surface area contributed by atoms with E-state index >= 15 is 0 Å². The zero-order valence-electron chi connectivity index (χ0n) is 13.3. The summed E-state index contributed by atoms with van der Waals surface area (Å²) in [6.45, 7) is 4.01. The molecule has 1 unspecified atom stereocenters. The molecule has 22 heavy (non-hydrogen) atoms. The van der Waals surface area contributed by atoms with Gasteiger partial charge in [-0.25, -0.2) is 0 Å². The van der Waals surface area contributed by atoms with Crippen LogP contribution in [0.25, 0.3) is 0 Å². The van der Waals surface area contributed by atoms with Crippen molar-refractivity contribution in [3.8, 4) is 0 Å². The molecular weight excluding hydrogens is 278 g/mol. The van der Waals surface area contributed by atoms with Crippen LogP contribution >= 0.6 is 0 Å². The Balaban J connectivity index is 2.01. The van der Waals surface area contributed by atoms with Crippen LogP contribution in [-0.4, -0.2) is 18.4 Å². The van der Waals surface area contributed by atoms with Crippen LogP contribution in [0.4, 0.5) is 5.69 Å². The fourth-order valence-corrected chi connectivity index (χ4v) is 3.16. The number of carbonyl (C=O) groups is 2. The molecule has 0 heterocycles. The smallest absolute Gasteiger partial charge is 0.223 e. The predicted molar refractivity (Wildman–Crippen MR) is 87.2 cm³/mol. The highest BCUT2D eigenvalue weighted by Gasteiger charge is 2.32. The number of nitrogens with one attached hydrogen (secondary N) is 2. The number of anilines is 1. The Bertz CT molecular complexity index is 544. The SMILES string of the molecule is CC(=O)Nc1cccc(C(C)NC(=O)[C@@H]2CCC[C@@H]2CN)c1. The lowest BCUT2D eigenvalue weighted by Crippen LogP contribution is -2.36. The summed E-state index contributed by atoms with van der Waals surface area (Å²) in [5.74, 6) is 0.319. The zero-order chi connectivity index (χ0) is 16.1. The van der Waals surface area contributed by atoms with Crippen LogP contribution in [0, 0.1) is 11.8 Å². The van der Waals surface area contributed by atoms with Gasteiger partial charge in [-0.2, -0.15) is 0 Å². The summed E-state index contributed by atoms with van der Waals surface area (Å²) in [6.07, 6.45) is 3.04. The zero-order valence-corrected chi connectivity index (χ0v) is 13.3. The van der Waals surface area contributed by atoms with Crippen LogP contribution in [0.1, 0.15) is 44.7 Å². The molecule has 1 fully saturated rings. The molecule has 0 bridgehead atoms. The molecule has 0 radical (unpaired) electrons. The van der Waals surface area contributed by atoms with Gasteiger partial charge < -0.3 is 16.4 Å². The minimum absolute atomic E-state index is 0.0333. The first-order valence-electron chi connectivity index (χ1n) is 7.89. The molecule has 1 aliphatic carbocycles. The topological polar surface area (TPSA) is 84.2 Å². The molecule has 0 aromatic heterocycles. The van der Waals surface area contributed by atoms with E-state index in [1.807, 2.05) is 31.2 Å². The van der Waals surface area contributed by atoms with Gasteiger partial charge in [-0.1, -0.05) is 18.6 Å². The first-order chi connectivity index (χ1) is 10.5. The van der Waals surface area contributed by atoms with Gasteiger partial charge >= 0.3 is 0 Å². The van der Waals surface area contributed by atoms with Gasteiger partial charge in [-0.15, -0.1) is 0 Å². The highest BCUT2D eigenvalue weighted by Crippen LogP contribution is 2.31. The summed E-state index contributed by atoms with van der Waals surface area (Å²) in [6, 6.07) is 7.45. The Morgan fingerprint density at radius 1 is 1.36 bits per heavy atom. The van der Waals surface area contributed by atoms with Crippen molar-refractivity contribution in [2.24, 2.45) is 17.6 Å². The maximum Gasteiger partial charge on any atom is 0.223 e. The third-order valence-electron chi connectivity index (χ3n) is 4.36. The Hall–Kier alpha value is -1.88. The third-order valence-corrected chi connectivity index (χ3v) is 4.36. The summed E-state index contributed by atoms with van der Waals surface area (Å²) in [7, 11) is 0. The quantitative estimate of drug-likeness (QED) is 0.779. The van der Waals surface area contributed by atoms with Crippen LogP contribution in [0.5, 0.6) is 0 Å². The largest absolute Gasteiger partial charge is 0.349 e. The van der Waals surface area contributed by atoms with E-state index in [0.29, 0.717) is 12.5 Å². The lowest BCUT2D eigenvalue weighted by Gasteiger charge is -2.21. The van der Waals surface area contributed by atoms with Gasteiger partial charge in [0.05, 0.1) is 6.04 Å². The van der Waals surface area contributed by atoms with Gasteiger partial charge in [0.1, 0.15) is 0 Å². The van der Waals surface area contributed by atoms with Crippen molar-refractivity contribution in [2.75, 3.05) is 11.9 Å². The second-order valence-electron chi connectivity index (χ2n) is 6.07. The first-order valence-corrected chi connectivity index (χ1v) is 7.89. The first kappa shape index (κ1) is 16.5. The third kappa shape index (κ3) is 4.07. The van der Waals surface area contributed by atoms with Crippen molar-refractivity contribution in [3.05, 3.63) is 29.8 Å².